The zero-order valence-corrected chi connectivity index (χ0v) is 17.5. The summed E-state index contributed by atoms with van der Waals surface area (Å²) in [6.45, 7) is 1.18. The fourth-order valence-corrected chi connectivity index (χ4v) is 3.74. The molecule has 0 atom stereocenters. The molecule has 9 nitrogen and oxygen atoms in total. The van der Waals surface area contributed by atoms with Crippen LogP contribution in [0.4, 0.5) is 10.5 Å². The van der Waals surface area contributed by atoms with Crippen molar-refractivity contribution < 1.29 is 19.4 Å². The lowest BCUT2D eigenvalue weighted by Crippen LogP contribution is -2.41. The second kappa shape index (κ2) is 8.97. The molecule has 0 saturated heterocycles. The summed E-state index contributed by atoms with van der Waals surface area (Å²) < 4.78 is 6.04. The van der Waals surface area contributed by atoms with Gasteiger partial charge in [0.2, 0.25) is 0 Å². The van der Waals surface area contributed by atoms with Gasteiger partial charge in [0.15, 0.2) is 5.60 Å². The largest absolute Gasteiger partial charge is 0.475 e. The van der Waals surface area contributed by atoms with Crippen LogP contribution in [-0.2, 0) is 4.79 Å². The van der Waals surface area contributed by atoms with Crippen LogP contribution in [0, 0.1) is 5.92 Å². The number of primary amides is 1. The number of nitrogens with two attached hydrogens (primary N) is 1. The third-order valence-corrected chi connectivity index (χ3v) is 6.09. The molecule has 4 rings (SSSR count). The molecular formula is C22H29N5O4. The summed E-state index contributed by atoms with van der Waals surface area (Å²) in [5, 5.41) is 18.9. The van der Waals surface area contributed by atoms with E-state index >= 15 is 0 Å². The maximum atomic E-state index is 13.0. The number of benzene rings is 1. The molecule has 2 aliphatic rings. The predicted octanol–water partition coefficient (Wildman–Crippen LogP) is 2.49. The number of anilines is 1. The average Bonchev–Trinajstić information content (AvgIpc) is 3.30. The summed E-state index contributed by atoms with van der Waals surface area (Å²) in [6.07, 6.45) is 8.51. The van der Waals surface area contributed by atoms with Gasteiger partial charge in [-0.05, 0) is 42.9 Å². The summed E-state index contributed by atoms with van der Waals surface area (Å²) >= 11 is 0. The molecule has 2 aliphatic carbocycles. The van der Waals surface area contributed by atoms with Crippen molar-refractivity contribution in [2.45, 2.75) is 44.1 Å². The number of amides is 3. The van der Waals surface area contributed by atoms with E-state index in [0.29, 0.717) is 49.7 Å². The van der Waals surface area contributed by atoms with Crippen LogP contribution in [0.1, 0.15) is 38.5 Å². The lowest BCUT2D eigenvalue weighted by atomic mass is 9.85. The molecule has 5 N–H and O–H groups in total. The van der Waals surface area contributed by atoms with Crippen LogP contribution < -0.4 is 15.8 Å². The minimum atomic E-state index is -1.02. The van der Waals surface area contributed by atoms with E-state index in [-0.39, 0.29) is 12.6 Å². The maximum absolute atomic E-state index is 13.0. The normalized spacial score (nSPS) is 16.9. The maximum Gasteiger partial charge on any atom is 0.321 e. The Morgan fingerprint density at radius 1 is 1.32 bits per heavy atom. The Labute approximate surface area is 180 Å². The molecule has 0 spiro atoms. The third-order valence-electron chi connectivity index (χ3n) is 6.09. The van der Waals surface area contributed by atoms with Gasteiger partial charge in [0.05, 0.1) is 11.9 Å². The first-order chi connectivity index (χ1) is 15.0. The Hall–Kier alpha value is -3.07. The number of hydrogen-bond acceptors (Lipinski definition) is 5. The van der Waals surface area contributed by atoms with Crippen LogP contribution >= 0.6 is 0 Å². The molecule has 0 aliphatic heterocycles. The third kappa shape index (κ3) is 4.82. The van der Waals surface area contributed by atoms with E-state index in [9.17, 15) is 14.7 Å². The summed E-state index contributed by atoms with van der Waals surface area (Å²) in [5.74, 6) is 0.398. The Morgan fingerprint density at radius 2 is 2.13 bits per heavy atom. The van der Waals surface area contributed by atoms with Crippen molar-refractivity contribution in [2.75, 3.05) is 25.0 Å². The van der Waals surface area contributed by atoms with Crippen molar-refractivity contribution in [1.82, 2.24) is 15.1 Å². The quantitative estimate of drug-likeness (QED) is 0.462. The van der Waals surface area contributed by atoms with Gasteiger partial charge in [-0.2, -0.15) is 5.10 Å². The minimum Gasteiger partial charge on any atom is -0.475 e. The second-order valence-corrected chi connectivity index (χ2v) is 8.41. The van der Waals surface area contributed by atoms with Crippen molar-refractivity contribution in [3.05, 3.63) is 30.6 Å². The van der Waals surface area contributed by atoms with Gasteiger partial charge in [-0.25, -0.2) is 4.79 Å². The molecule has 0 bridgehead atoms. The van der Waals surface area contributed by atoms with E-state index in [1.54, 1.807) is 29.4 Å². The number of aliphatic hydroxyl groups excluding tert-OH is 1. The van der Waals surface area contributed by atoms with Gasteiger partial charge < -0.3 is 25.8 Å². The summed E-state index contributed by atoms with van der Waals surface area (Å²) in [5.41, 5.74) is 6.71. The summed E-state index contributed by atoms with van der Waals surface area (Å²) in [6, 6.07) is 5.17. The first-order valence-electron chi connectivity index (χ1n) is 10.8. The zero-order chi connectivity index (χ0) is 21.8. The Balaban J connectivity index is 1.56. The molecule has 9 heteroatoms. The first-order valence-corrected chi connectivity index (χ1v) is 10.8. The number of H-pyrrole nitrogens is 1. The minimum absolute atomic E-state index is 0.0311. The molecule has 166 valence electrons. The van der Waals surface area contributed by atoms with E-state index in [1.807, 2.05) is 6.07 Å². The SMILES string of the molecule is NC(=O)C1(Oc2cc(-c3cn[nH]c3)ccc2NC(=O)N(CCCO)CC2CCC2)CC1. The summed E-state index contributed by atoms with van der Waals surface area (Å²) in [4.78, 5) is 26.7. The van der Waals surface area contributed by atoms with E-state index in [0.717, 1.165) is 24.0 Å². The van der Waals surface area contributed by atoms with Gasteiger partial charge in [0.25, 0.3) is 5.91 Å². The van der Waals surface area contributed by atoms with Gasteiger partial charge in [-0.3, -0.25) is 9.89 Å². The smallest absolute Gasteiger partial charge is 0.321 e. The molecule has 3 amide bonds. The van der Waals surface area contributed by atoms with E-state index in [1.165, 1.54) is 6.42 Å². The van der Waals surface area contributed by atoms with Crippen molar-refractivity contribution in [3.63, 3.8) is 0 Å². The topological polar surface area (TPSA) is 134 Å². The van der Waals surface area contributed by atoms with Gasteiger partial charge in [0, 0.05) is 44.3 Å². The van der Waals surface area contributed by atoms with E-state index in [4.69, 9.17) is 10.5 Å². The Kier molecular flexibility index (Phi) is 6.13. The zero-order valence-electron chi connectivity index (χ0n) is 17.5. The van der Waals surface area contributed by atoms with Crippen molar-refractivity contribution in [3.8, 4) is 16.9 Å². The number of nitrogens with zero attached hydrogens (tertiary/aromatic N) is 2. The number of nitrogens with one attached hydrogen (secondary N) is 2. The number of carbonyl (C=O) groups is 2. The monoisotopic (exact) mass is 427 g/mol. The number of aromatic nitrogens is 2. The standard InChI is InChI=1S/C22H29N5O4/c23-20(29)22(7-8-22)31-19-11-16(17-12-24-25-13-17)5-6-18(19)26-21(30)27(9-2-10-28)14-15-3-1-4-15/h5-6,11-13,15,28H,1-4,7-10,14H2,(H2,23,29)(H,24,25)(H,26,30). The van der Waals surface area contributed by atoms with Crippen LogP contribution in [0.15, 0.2) is 30.6 Å². The van der Waals surface area contributed by atoms with Crippen LogP contribution in [-0.4, -0.2) is 57.4 Å². The highest BCUT2D eigenvalue weighted by Gasteiger charge is 2.52. The number of hydrogen-bond donors (Lipinski definition) is 4. The second-order valence-electron chi connectivity index (χ2n) is 8.41. The lowest BCUT2D eigenvalue weighted by Gasteiger charge is -2.32. The fourth-order valence-electron chi connectivity index (χ4n) is 3.74. The molecule has 1 heterocycles. The molecule has 2 aromatic rings. The number of rotatable bonds is 10. The molecule has 2 saturated carbocycles. The Morgan fingerprint density at radius 3 is 2.71 bits per heavy atom. The lowest BCUT2D eigenvalue weighted by molar-refractivity contribution is -0.126. The predicted molar refractivity (Wildman–Crippen MR) is 115 cm³/mol. The van der Waals surface area contributed by atoms with Gasteiger partial charge >= 0.3 is 6.03 Å². The van der Waals surface area contributed by atoms with E-state index < -0.39 is 11.5 Å². The van der Waals surface area contributed by atoms with Crippen LogP contribution in [0.2, 0.25) is 0 Å². The van der Waals surface area contributed by atoms with Crippen molar-refractivity contribution in [2.24, 2.45) is 11.7 Å². The molecule has 1 aromatic carbocycles. The van der Waals surface area contributed by atoms with E-state index in [2.05, 4.69) is 15.5 Å². The summed E-state index contributed by atoms with van der Waals surface area (Å²) in [7, 11) is 0. The van der Waals surface area contributed by atoms with Crippen molar-refractivity contribution >= 4 is 17.6 Å². The molecule has 1 aromatic heterocycles. The number of aliphatic hydroxyl groups is 1. The van der Waals surface area contributed by atoms with Gasteiger partial charge in [0.1, 0.15) is 5.75 Å². The van der Waals surface area contributed by atoms with Crippen LogP contribution in [0.3, 0.4) is 0 Å². The highest BCUT2D eigenvalue weighted by Crippen LogP contribution is 2.43. The molecule has 0 radical (unpaired) electrons. The highest BCUT2D eigenvalue weighted by atomic mass is 16.5. The number of aromatic amines is 1. The number of carbonyl (C=O) groups excluding carboxylic acids is 2. The molecule has 31 heavy (non-hydrogen) atoms. The Bertz CT molecular complexity index is 922. The van der Waals surface area contributed by atoms with Crippen LogP contribution in [0.25, 0.3) is 11.1 Å². The van der Waals surface area contributed by atoms with Gasteiger partial charge in [-0.1, -0.05) is 12.5 Å². The molecular weight excluding hydrogens is 398 g/mol. The van der Waals surface area contributed by atoms with Crippen molar-refractivity contribution in [1.29, 1.82) is 0 Å². The number of ether oxygens (including phenoxy) is 1. The average molecular weight is 428 g/mol. The highest BCUT2D eigenvalue weighted by molar-refractivity contribution is 5.92. The van der Waals surface area contributed by atoms with Gasteiger partial charge in [-0.15, -0.1) is 0 Å². The molecule has 2 fully saturated rings. The fraction of sp³-hybridized carbons (Fsp3) is 0.500. The van der Waals surface area contributed by atoms with Crippen LogP contribution in [0.5, 0.6) is 5.75 Å². The number of urea groups is 1. The first kappa shape index (κ1) is 21.2. The molecule has 0 unspecified atom stereocenters.